The summed E-state index contributed by atoms with van der Waals surface area (Å²) in [5.41, 5.74) is 3.12. The van der Waals surface area contributed by atoms with Gasteiger partial charge in [0.2, 0.25) is 0 Å². The van der Waals surface area contributed by atoms with Crippen molar-refractivity contribution in [1.82, 2.24) is 0 Å². The third-order valence-corrected chi connectivity index (χ3v) is 2.44. The van der Waals surface area contributed by atoms with Crippen molar-refractivity contribution in [2.45, 2.75) is 27.7 Å². The van der Waals surface area contributed by atoms with Crippen molar-refractivity contribution >= 4 is 6.21 Å². The summed E-state index contributed by atoms with van der Waals surface area (Å²) in [7, 11) is 0. The average molecular weight is 229 g/mol. The monoisotopic (exact) mass is 229 g/mol. The van der Waals surface area contributed by atoms with Crippen LogP contribution in [0.4, 0.5) is 0 Å². The Morgan fingerprint density at radius 2 is 1.59 bits per heavy atom. The van der Waals surface area contributed by atoms with Gasteiger partial charge in [0.05, 0.1) is 0 Å². The number of rotatable bonds is 5. The molecule has 0 unspecified atom stereocenters. The Hall–Kier alpha value is -1.63. The van der Waals surface area contributed by atoms with E-state index in [0.29, 0.717) is 0 Å². The molecule has 92 valence electrons. The quantitative estimate of drug-likeness (QED) is 0.514. The molecule has 0 aliphatic heterocycles. The van der Waals surface area contributed by atoms with Crippen molar-refractivity contribution in [1.29, 1.82) is 5.41 Å². The van der Waals surface area contributed by atoms with E-state index < -0.39 is 0 Å². The maximum absolute atomic E-state index is 7.50. The molecule has 0 aromatic rings. The van der Waals surface area contributed by atoms with E-state index in [1.807, 2.05) is 19.1 Å². The predicted octanol–water partition coefficient (Wildman–Crippen LogP) is 4.85. The van der Waals surface area contributed by atoms with Crippen LogP contribution in [0, 0.1) is 10.8 Å². The van der Waals surface area contributed by atoms with Crippen molar-refractivity contribution in [3.05, 3.63) is 60.3 Å². The van der Waals surface area contributed by atoms with E-state index in [1.165, 1.54) is 11.8 Å². The largest absolute Gasteiger partial charge is 0.308 e. The smallest absolute Gasteiger partial charge is 0.0256 e. The second-order valence-electron chi connectivity index (χ2n) is 4.77. The second kappa shape index (κ2) is 6.85. The molecule has 1 heteroatoms. The first-order chi connectivity index (χ1) is 7.92. The number of allylic oxidation sites excluding steroid dienone is 8. The zero-order chi connectivity index (χ0) is 13.5. The topological polar surface area (TPSA) is 23.9 Å². The van der Waals surface area contributed by atoms with E-state index in [4.69, 9.17) is 5.41 Å². The maximum atomic E-state index is 7.50. The van der Waals surface area contributed by atoms with Crippen LogP contribution in [-0.2, 0) is 0 Å². The zero-order valence-electron chi connectivity index (χ0n) is 11.4. The molecule has 0 atom stereocenters. The molecule has 0 bridgehead atoms. The summed E-state index contributed by atoms with van der Waals surface area (Å²) in [6.07, 6.45) is 10.7. The van der Waals surface area contributed by atoms with Gasteiger partial charge in [0.15, 0.2) is 0 Å². The number of hydrogen-bond donors (Lipinski definition) is 1. The average Bonchev–Trinajstić information content (AvgIpc) is 2.24. The molecule has 0 rings (SSSR count). The molecule has 0 saturated carbocycles. The fourth-order valence-electron chi connectivity index (χ4n) is 1.79. The van der Waals surface area contributed by atoms with Crippen LogP contribution in [0.15, 0.2) is 60.3 Å². The van der Waals surface area contributed by atoms with Crippen LogP contribution in [0.2, 0.25) is 0 Å². The first kappa shape index (κ1) is 15.4. The molecular formula is C16H23N. The van der Waals surface area contributed by atoms with E-state index >= 15 is 0 Å². The molecule has 0 spiro atoms. The van der Waals surface area contributed by atoms with Gasteiger partial charge < -0.3 is 5.41 Å². The van der Waals surface area contributed by atoms with Gasteiger partial charge in [-0.2, -0.15) is 0 Å². The van der Waals surface area contributed by atoms with Gasteiger partial charge in [-0.05, 0) is 29.1 Å². The molecular weight excluding hydrogens is 206 g/mol. The van der Waals surface area contributed by atoms with Gasteiger partial charge in [-0.1, -0.05) is 64.3 Å². The Morgan fingerprint density at radius 3 is 1.88 bits per heavy atom. The van der Waals surface area contributed by atoms with Crippen LogP contribution in [0.3, 0.4) is 0 Å². The maximum Gasteiger partial charge on any atom is 0.0256 e. The van der Waals surface area contributed by atoms with Crippen molar-refractivity contribution in [2.75, 3.05) is 0 Å². The normalized spacial score (nSPS) is 14.5. The van der Waals surface area contributed by atoms with Gasteiger partial charge >= 0.3 is 0 Å². The summed E-state index contributed by atoms with van der Waals surface area (Å²) < 4.78 is 0. The van der Waals surface area contributed by atoms with E-state index in [1.54, 1.807) is 12.2 Å². The van der Waals surface area contributed by atoms with E-state index in [2.05, 4.69) is 40.0 Å². The Kier molecular flexibility index (Phi) is 6.19. The summed E-state index contributed by atoms with van der Waals surface area (Å²) in [6.45, 7) is 15.9. The number of hydrogen-bond acceptors (Lipinski definition) is 1. The predicted molar refractivity (Wildman–Crippen MR) is 78.6 cm³/mol. The lowest BCUT2D eigenvalue weighted by molar-refractivity contribution is 0.511. The molecule has 0 aliphatic carbocycles. The molecule has 1 N–H and O–H groups in total. The van der Waals surface area contributed by atoms with Crippen molar-refractivity contribution in [2.24, 2.45) is 5.41 Å². The van der Waals surface area contributed by atoms with Gasteiger partial charge in [-0.3, -0.25) is 0 Å². The zero-order valence-corrected chi connectivity index (χ0v) is 11.4. The summed E-state index contributed by atoms with van der Waals surface area (Å²) >= 11 is 0. The van der Waals surface area contributed by atoms with Crippen LogP contribution < -0.4 is 0 Å². The SMILES string of the molecule is C=C/C=C(C(=C\C)/C(C)(C)C)\C(C=N)=C/C=C. The fourth-order valence-corrected chi connectivity index (χ4v) is 1.79. The standard InChI is InChI=1S/C16H23N/c1-7-10-13(12-17)14(11-8-2)15(9-3)16(4,5)6/h7-12,17H,1-2H2,3-6H3/b13-10-,14-11+,15-9+,17-12?. The van der Waals surface area contributed by atoms with Gasteiger partial charge in [0.25, 0.3) is 0 Å². The van der Waals surface area contributed by atoms with Gasteiger partial charge in [-0.25, -0.2) is 0 Å². The Balaban J connectivity index is 5.77. The minimum Gasteiger partial charge on any atom is -0.308 e. The van der Waals surface area contributed by atoms with E-state index in [0.717, 1.165) is 11.1 Å². The molecule has 17 heavy (non-hydrogen) atoms. The van der Waals surface area contributed by atoms with Gasteiger partial charge in [-0.15, -0.1) is 0 Å². The third kappa shape index (κ3) is 4.39. The molecule has 0 aliphatic rings. The molecule has 0 heterocycles. The highest BCUT2D eigenvalue weighted by atomic mass is 14.3. The third-order valence-electron chi connectivity index (χ3n) is 2.44. The first-order valence-electron chi connectivity index (χ1n) is 5.75. The number of nitrogens with one attached hydrogen (secondary N) is 1. The highest BCUT2D eigenvalue weighted by Gasteiger charge is 2.20. The molecule has 0 fully saturated rings. The Morgan fingerprint density at radius 1 is 1.06 bits per heavy atom. The summed E-state index contributed by atoms with van der Waals surface area (Å²) in [6, 6.07) is 0. The van der Waals surface area contributed by atoms with Gasteiger partial charge in [0.1, 0.15) is 0 Å². The minimum absolute atomic E-state index is 0.0346. The molecule has 0 aromatic heterocycles. The molecule has 1 nitrogen and oxygen atoms in total. The molecule has 0 saturated heterocycles. The van der Waals surface area contributed by atoms with E-state index in [-0.39, 0.29) is 5.41 Å². The molecule has 0 radical (unpaired) electrons. The first-order valence-corrected chi connectivity index (χ1v) is 5.75. The van der Waals surface area contributed by atoms with Crippen LogP contribution in [-0.4, -0.2) is 6.21 Å². The van der Waals surface area contributed by atoms with Crippen molar-refractivity contribution in [3.63, 3.8) is 0 Å². The second-order valence-corrected chi connectivity index (χ2v) is 4.77. The summed E-state index contributed by atoms with van der Waals surface area (Å²) in [5, 5.41) is 7.50. The fraction of sp³-hybridized carbons (Fsp3) is 0.312. The van der Waals surface area contributed by atoms with Crippen LogP contribution >= 0.6 is 0 Å². The lowest BCUT2D eigenvalue weighted by atomic mass is 9.79. The van der Waals surface area contributed by atoms with Crippen molar-refractivity contribution < 1.29 is 0 Å². The van der Waals surface area contributed by atoms with Crippen LogP contribution in [0.25, 0.3) is 0 Å². The summed E-state index contributed by atoms with van der Waals surface area (Å²) in [5.74, 6) is 0. The lowest BCUT2D eigenvalue weighted by Gasteiger charge is -2.25. The van der Waals surface area contributed by atoms with Crippen LogP contribution in [0.1, 0.15) is 27.7 Å². The molecule has 0 amide bonds. The minimum atomic E-state index is 0.0346. The highest BCUT2D eigenvalue weighted by Crippen LogP contribution is 2.34. The van der Waals surface area contributed by atoms with E-state index in [9.17, 15) is 0 Å². The van der Waals surface area contributed by atoms with Crippen LogP contribution in [0.5, 0.6) is 0 Å². The Bertz CT molecular complexity index is 384. The van der Waals surface area contributed by atoms with Gasteiger partial charge in [0, 0.05) is 6.21 Å². The highest BCUT2D eigenvalue weighted by molar-refractivity contribution is 5.85. The Labute approximate surface area is 105 Å². The summed E-state index contributed by atoms with van der Waals surface area (Å²) in [4.78, 5) is 0. The molecule has 0 aromatic carbocycles. The van der Waals surface area contributed by atoms with Crippen molar-refractivity contribution in [3.8, 4) is 0 Å². The lowest BCUT2D eigenvalue weighted by Crippen LogP contribution is -2.13.